The van der Waals surface area contributed by atoms with Crippen LogP contribution in [0.1, 0.15) is 23.1 Å². The van der Waals surface area contributed by atoms with Crippen LogP contribution in [0.3, 0.4) is 0 Å². The number of aryl methyl sites for hydroxylation is 1. The zero-order chi connectivity index (χ0) is 20.7. The van der Waals surface area contributed by atoms with Crippen LogP contribution in [0.2, 0.25) is 0 Å². The van der Waals surface area contributed by atoms with Crippen molar-refractivity contribution < 1.29 is 9.21 Å². The maximum absolute atomic E-state index is 13.1. The van der Waals surface area contributed by atoms with Gasteiger partial charge < -0.3 is 9.32 Å². The maximum atomic E-state index is 13.1. The molecule has 2 saturated heterocycles. The number of amides is 1. The van der Waals surface area contributed by atoms with Crippen LogP contribution in [-0.2, 0) is 11.2 Å². The molecule has 3 heterocycles. The van der Waals surface area contributed by atoms with Crippen LogP contribution >= 0.6 is 12.4 Å². The molecule has 2 aromatic carbocycles. The number of likely N-dealkylation sites (tertiary alicyclic amines) is 2. The Morgan fingerprint density at radius 1 is 1.03 bits per heavy atom. The van der Waals surface area contributed by atoms with E-state index in [0.717, 1.165) is 36.7 Å². The van der Waals surface area contributed by atoms with E-state index < -0.39 is 0 Å². The van der Waals surface area contributed by atoms with Crippen molar-refractivity contribution in [1.82, 2.24) is 14.8 Å². The van der Waals surface area contributed by atoms with Gasteiger partial charge in [-0.1, -0.05) is 48.5 Å². The maximum Gasteiger partial charge on any atom is 0.228 e. The van der Waals surface area contributed by atoms with Crippen molar-refractivity contribution in [1.29, 1.82) is 0 Å². The zero-order valence-electron chi connectivity index (χ0n) is 17.9. The van der Waals surface area contributed by atoms with E-state index in [1.807, 2.05) is 42.2 Å². The van der Waals surface area contributed by atoms with Crippen LogP contribution in [-0.4, -0.2) is 47.4 Å². The molecule has 5 rings (SSSR count). The van der Waals surface area contributed by atoms with Gasteiger partial charge in [-0.2, -0.15) is 0 Å². The molecular weight excluding hydrogens is 410 g/mol. The number of hydrogen-bond donors (Lipinski definition) is 0. The van der Waals surface area contributed by atoms with E-state index in [-0.39, 0.29) is 18.3 Å². The van der Waals surface area contributed by atoms with Crippen molar-refractivity contribution in [3.63, 3.8) is 0 Å². The fourth-order valence-electron chi connectivity index (χ4n) is 5.16. The summed E-state index contributed by atoms with van der Waals surface area (Å²) >= 11 is 0. The van der Waals surface area contributed by atoms with Crippen molar-refractivity contribution in [3.8, 4) is 11.5 Å². The van der Waals surface area contributed by atoms with Crippen molar-refractivity contribution in [2.45, 2.75) is 19.4 Å². The molecule has 162 valence electrons. The SMILES string of the molecule is Cc1oc(-c2ccccc2)nc1CC(=O)N1C[C@@H]2CN(C)[C@@H](c3ccccc3)[C@@H]2C1.Cl. The number of oxazole rings is 1. The molecule has 5 nitrogen and oxygen atoms in total. The second-order valence-electron chi connectivity index (χ2n) is 8.58. The average molecular weight is 438 g/mol. The molecule has 3 atom stereocenters. The van der Waals surface area contributed by atoms with E-state index in [4.69, 9.17) is 4.42 Å². The molecule has 1 amide bonds. The molecule has 1 aromatic heterocycles. The third-order valence-corrected chi connectivity index (χ3v) is 6.62. The summed E-state index contributed by atoms with van der Waals surface area (Å²) in [7, 11) is 2.20. The molecule has 0 unspecified atom stereocenters. The quantitative estimate of drug-likeness (QED) is 0.608. The second-order valence-corrected chi connectivity index (χ2v) is 8.58. The number of rotatable bonds is 4. The number of halogens is 1. The van der Waals surface area contributed by atoms with Crippen LogP contribution in [0.25, 0.3) is 11.5 Å². The number of carbonyl (C=O) groups excluding carboxylic acids is 1. The summed E-state index contributed by atoms with van der Waals surface area (Å²) in [5, 5.41) is 0. The predicted octanol–water partition coefficient (Wildman–Crippen LogP) is 4.38. The third kappa shape index (κ3) is 4.12. The smallest absolute Gasteiger partial charge is 0.228 e. The molecule has 0 saturated carbocycles. The third-order valence-electron chi connectivity index (χ3n) is 6.62. The van der Waals surface area contributed by atoms with Crippen molar-refractivity contribution >= 4 is 18.3 Å². The fourth-order valence-corrected chi connectivity index (χ4v) is 5.16. The van der Waals surface area contributed by atoms with Crippen molar-refractivity contribution in [3.05, 3.63) is 77.7 Å². The Bertz CT molecular complexity index is 1040. The van der Waals surface area contributed by atoms with E-state index in [1.54, 1.807) is 0 Å². The van der Waals surface area contributed by atoms with E-state index in [9.17, 15) is 4.79 Å². The Balaban J connectivity index is 0.00000231. The summed E-state index contributed by atoms with van der Waals surface area (Å²) in [5.41, 5.74) is 3.03. The summed E-state index contributed by atoms with van der Waals surface area (Å²) in [6, 6.07) is 20.9. The van der Waals surface area contributed by atoms with E-state index in [0.29, 0.717) is 30.2 Å². The Hall–Kier alpha value is -2.63. The number of aromatic nitrogens is 1. The Labute approximate surface area is 189 Å². The molecule has 0 N–H and O–H groups in total. The molecule has 2 aliphatic rings. The highest BCUT2D eigenvalue weighted by Gasteiger charge is 2.47. The topological polar surface area (TPSA) is 49.6 Å². The number of hydrogen-bond acceptors (Lipinski definition) is 4. The van der Waals surface area contributed by atoms with Gasteiger partial charge in [-0.3, -0.25) is 9.69 Å². The minimum absolute atomic E-state index is 0. The molecular formula is C25H28ClN3O2. The summed E-state index contributed by atoms with van der Waals surface area (Å²) in [4.78, 5) is 22.2. The number of fused-ring (bicyclic) bond motifs is 1. The molecule has 31 heavy (non-hydrogen) atoms. The van der Waals surface area contributed by atoms with E-state index in [1.165, 1.54) is 5.56 Å². The summed E-state index contributed by atoms with van der Waals surface area (Å²) in [6.07, 6.45) is 0.299. The molecule has 0 spiro atoms. The number of carbonyl (C=O) groups is 1. The summed E-state index contributed by atoms with van der Waals surface area (Å²) in [5.74, 6) is 2.47. The van der Waals surface area contributed by atoms with Gasteiger partial charge in [-0.05, 0) is 37.6 Å². The average Bonchev–Trinajstić information content (AvgIpc) is 3.42. The monoisotopic (exact) mass is 437 g/mol. The first-order valence-corrected chi connectivity index (χ1v) is 10.6. The van der Waals surface area contributed by atoms with Gasteiger partial charge in [0.25, 0.3) is 0 Å². The first-order chi connectivity index (χ1) is 14.6. The van der Waals surface area contributed by atoms with Crippen LogP contribution < -0.4 is 0 Å². The molecule has 2 aliphatic heterocycles. The molecule has 2 fully saturated rings. The molecule has 0 aliphatic carbocycles. The standard InChI is InChI=1S/C25H27N3O2.ClH/c1-17-22(26-25(30-17)19-11-7-4-8-12-19)13-23(29)28-15-20-14-27(2)24(21(20)16-28)18-9-5-3-6-10-18;/h3-12,20-21,24H,13-16H2,1-2H3;1H/t20-,21+,24-;/m0./s1. The lowest BCUT2D eigenvalue weighted by molar-refractivity contribution is -0.130. The van der Waals surface area contributed by atoms with Crippen molar-refractivity contribution in [2.24, 2.45) is 11.8 Å². The lowest BCUT2D eigenvalue weighted by Gasteiger charge is -2.26. The van der Waals surface area contributed by atoms with Crippen molar-refractivity contribution in [2.75, 3.05) is 26.7 Å². The Morgan fingerprint density at radius 3 is 2.42 bits per heavy atom. The number of benzene rings is 2. The van der Waals surface area contributed by atoms with Gasteiger partial charge >= 0.3 is 0 Å². The predicted molar refractivity (Wildman–Crippen MR) is 123 cm³/mol. The minimum Gasteiger partial charge on any atom is -0.441 e. The summed E-state index contributed by atoms with van der Waals surface area (Å²) < 4.78 is 5.84. The number of nitrogens with zero attached hydrogens (tertiary/aromatic N) is 3. The van der Waals surface area contributed by atoms with Crippen LogP contribution in [0.4, 0.5) is 0 Å². The lowest BCUT2D eigenvalue weighted by Crippen LogP contribution is -2.34. The van der Waals surface area contributed by atoms with Gasteiger partial charge in [-0.15, -0.1) is 12.4 Å². The first-order valence-electron chi connectivity index (χ1n) is 10.6. The van der Waals surface area contributed by atoms with Crippen LogP contribution in [0, 0.1) is 18.8 Å². The zero-order valence-corrected chi connectivity index (χ0v) is 18.7. The van der Waals surface area contributed by atoms with Gasteiger partial charge in [0.2, 0.25) is 11.8 Å². The molecule has 3 aromatic rings. The fraction of sp³-hybridized carbons (Fsp3) is 0.360. The highest BCUT2D eigenvalue weighted by Crippen LogP contribution is 2.44. The van der Waals surface area contributed by atoms with Gasteiger partial charge in [0.05, 0.1) is 12.1 Å². The Morgan fingerprint density at radius 2 is 1.71 bits per heavy atom. The van der Waals surface area contributed by atoms with Gasteiger partial charge in [-0.25, -0.2) is 4.98 Å². The van der Waals surface area contributed by atoms with Gasteiger partial charge in [0, 0.05) is 37.2 Å². The lowest BCUT2D eigenvalue weighted by atomic mass is 9.90. The van der Waals surface area contributed by atoms with Crippen LogP contribution in [0.15, 0.2) is 65.1 Å². The molecule has 0 radical (unpaired) electrons. The Kier molecular flexibility index (Phi) is 6.17. The first kappa shape index (κ1) is 21.6. The largest absolute Gasteiger partial charge is 0.441 e. The van der Waals surface area contributed by atoms with E-state index in [2.05, 4.69) is 47.3 Å². The summed E-state index contributed by atoms with van der Waals surface area (Å²) in [6.45, 7) is 4.58. The van der Waals surface area contributed by atoms with E-state index >= 15 is 0 Å². The minimum atomic E-state index is 0. The highest BCUT2D eigenvalue weighted by molar-refractivity contribution is 5.85. The second kappa shape index (κ2) is 8.85. The highest BCUT2D eigenvalue weighted by atomic mass is 35.5. The van der Waals surface area contributed by atoms with Gasteiger partial charge in [0.1, 0.15) is 5.76 Å². The normalized spacial score (nSPS) is 22.9. The molecule has 0 bridgehead atoms. The van der Waals surface area contributed by atoms with Gasteiger partial charge in [0.15, 0.2) is 0 Å². The van der Waals surface area contributed by atoms with Crippen LogP contribution in [0.5, 0.6) is 0 Å². The molecule has 6 heteroatoms.